The summed E-state index contributed by atoms with van der Waals surface area (Å²) in [6.07, 6.45) is -1.22. The Kier molecular flexibility index (Phi) is 6.30. The predicted octanol–water partition coefficient (Wildman–Crippen LogP) is 3.57. The minimum Gasteiger partial charge on any atom is -0.482 e. The number of anilines is 1. The first-order valence-corrected chi connectivity index (χ1v) is 7.56. The van der Waals surface area contributed by atoms with Gasteiger partial charge in [-0.1, -0.05) is 17.7 Å². The highest BCUT2D eigenvalue weighted by molar-refractivity contribution is 6.30. The molecule has 0 aliphatic rings. The summed E-state index contributed by atoms with van der Waals surface area (Å²) in [5, 5.41) is 2.59. The molecular weight excluding hydrogens is 356 g/mol. The van der Waals surface area contributed by atoms with Gasteiger partial charge in [-0.15, -0.1) is 0 Å². The predicted molar refractivity (Wildman–Crippen MR) is 87.5 cm³/mol. The number of carbonyl (C=O) groups excluding carboxylic acids is 2. The molecule has 1 N–H and O–H groups in total. The van der Waals surface area contributed by atoms with Crippen molar-refractivity contribution in [3.05, 3.63) is 59.1 Å². The highest BCUT2D eigenvalue weighted by Crippen LogP contribution is 2.17. The first kappa shape index (κ1) is 18.7. The van der Waals surface area contributed by atoms with Crippen LogP contribution < -0.4 is 10.1 Å². The van der Waals surface area contributed by atoms with Crippen LogP contribution in [0.25, 0.3) is 0 Å². The van der Waals surface area contributed by atoms with Crippen LogP contribution in [0.5, 0.6) is 5.75 Å². The summed E-state index contributed by atoms with van der Waals surface area (Å²) < 4.78 is 36.6. The number of amides is 1. The molecule has 0 aromatic heterocycles. The van der Waals surface area contributed by atoms with E-state index >= 15 is 0 Å². The van der Waals surface area contributed by atoms with Gasteiger partial charge in [-0.3, -0.25) is 4.79 Å². The molecule has 0 aliphatic carbocycles. The van der Waals surface area contributed by atoms with Gasteiger partial charge in [0, 0.05) is 11.1 Å². The molecule has 0 heterocycles. The molecule has 132 valence electrons. The maximum Gasteiger partial charge on any atom is 0.344 e. The highest BCUT2D eigenvalue weighted by atomic mass is 35.5. The van der Waals surface area contributed by atoms with Crippen molar-refractivity contribution in [3.63, 3.8) is 0 Å². The second-order valence-electron chi connectivity index (χ2n) is 4.99. The third kappa shape index (κ3) is 5.72. The molecule has 2 rings (SSSR count). The zero-order valence-electron chi connectivity index (χ0n) is 13.1. The van der Waals surface area contributed by atoms with Gasteiger partial charge in [0.05, 0.1) is 5.69 Å². The lowest BCUT2D eigenvalue weighted by molar-refractivity contribution is -0.155. The third-order valence-corrected chi connectivity index (χ3v) is 3.25. The van der Waals surface area contributed by atoms with Crippen LogP contribution in [0.4, 0.5) is 14.5 Å². The molecule has 0 aliphatic heterocycles. The van der Waals surface area contributed by atoms with Gasteiger partial charge in [0.2, 0.25) is 0 Å². The summed E-state index contributed by atoms with van der Waals surface area (Å²) in [7, 11) is 0. The van der Waals surface area contributed by atoms with Crippen LogP contribution in [0.15, 0.2) is 42.5 Å². The van der Waals surface area contributed by atoms with Crippen LogP contribution in [0.3, 0.4) is 0 Å². The van der Waals surface area contributed by atoms with E-state index in [-0.39, 0.29) is 5.69 Å². The molecule has 1 amide bonds. The zero-order chi connectivity index (χ0) is 18.4. The van der Waals surface area contributed by atoms with E-state index in [1.54, 1.807) is 18.2 Å². The lowest BCUT2D eigenvalue weighted by atomic mass is 10.2. The van der Waals surface area contributed by atoms with Gasteiger partial charge in [-0.05, 0) is 37.3 Å². The van der Waals surface area contributed by atoms with E-state index in [2.05, 4.69) is 5.32 Å². The Balaban J connectivity index is 1.85. The van der Waals surface area contributed by atoms with E-state index in [1.165, 1.54) is 13.0 Å². The Morgan fingerprint density at radius 2 is 1.96 bits per heavy atom. The Morgan fingerprint density at radius 3 is 2.68 bits per heavy atom. The number of carbonyl (C=O) groups is 2. The van der Waals surface area contributed by atoms with E-state index in [4.69, 9.17) is 21.1 Å². The molecule has 1 atom stereocenters. The monoisotopic (exact) mass is 369 g/mol. The fourth-order valence-corrected chi connectivity index (χ4v) is 1.99. The molecule has 0 saturated carbocycles. The Bertz CT molecular complexity index is 785. The van der Waals surface area contributed by atoms with Crippen molar-refractivity contribution < 1.29 is 27.8 Å². The molecule has 8 heteroatoms. The first-order valence-electron chi connectivity index (χ1n) is 7.19. The number of nitrogens with one attached hydrogen (secondary N) is 1. The summed E-state index contributed by atoms with van der Waals surface area (Å²) in [5.74, 6) is -2.76. The molecule has 0 radical (unpaired) electrons. The van der Waals surface area contributed by atoms with Crippen molar-refractivity contribution in [1.82, 2.24) is 0 Å². The Hall–Kier alpha value is -2.67. The largest absolute Gasteiger partial charge is 0.482 e. The van der Waals surface area contributed by atoms with Crippen LogP contribution in [0.1, 0.15) is 6.92 Å². The van der Waals surface area contributed by atoms with Crippen LogP contribution in [0, 0.1) is 11.6 Å². The van der Waals surface area contributed by atoms with Crippen molar-refractivity contribution in [3.8, 4) is 5.75 Å². The Labute approximate surface area is 147 Å². The van der Waals surface area contributed by atoms with Gasteiger partial charge < -0.3 is 14.8 Å². The van der Waals surface area contributed by atoms with Gasteiger partial charge in [0.1, 0.15) is 17.4 Å². The molecule has 25 heavy (non-hydrogen) atoms. The van der Waals surface area contributed by atoms with Crippen molar-refractivity contribution in [2.24, 2.45) is 0 Å². The topological polar surface area (TPSA) is 64.6 Å². The standard InChI is InChI=1S/C17H14ClF2NO4/c1-10(17(23)21-15-8-12(19)5-6-14(15)20)25-16(22)9-24-13-4-2-3-11(18)7-13/h2-8,10H,9H2,1H3,(H,21,23)/t10-/m1/s1. The summed E-state index contributed by atoms with van der Waals surface area (Å²) >= 11 is 5.78. The molecule has 0 unspecified atom stereocenters. The van der Waals surface area contributed by atoms with Gasteiger partial charge >= 0.3 is 5.97 Å². The van der Waals surface area contributed by atoms with Crippen LogP contribution >= 0.6 is 11.6 Å². The van der Waals surface area contributed by atoms with Crippen LogP contribution in [-0.4, -0.2) is 24.6 Å². The fraction of sp³-hybridized carbons (Fsp3) is 0.176. The average molecular weight is 370 g/mol. The number of esters is 1. The molecular formula is C17H14ClF2NO4. The van der Waals surface area contributed by atoms with Gasteiger partial charge in [-0.2, -0.15) is 0 Å². The summed E-state index contributed by atoms with van der Waals surface area (Å²) in [6.45, 7) is 0.857. The normalized spacial score (nSPS) is 11.5. The number of benzene rings is 2. The van der Waals surface area contributed by atoms with E-state index in [0.717, 1.165) is 18.2 Å². The van der Waals surface area contributed by atoms with Crippen molar-refractivity contribution in [2.45, 2.75) is 13.0 Å². The van der Waals surface area contributed by atoms with Gasteiger partial charge in [0.15, 0.2) is 12.7 Å². The molecule has 0 spiro atoms. The number of hydrogen-bond donors (Lipinski definition) is 1. The first-order chi connectivity index (χ1) is 11.8. The molecule has 2 aromatic carbocycles. The van der Waals surface area contributed by atoms with E-state index in [1.807, 2.05) is 0 Å². The maximum absolute atomic E-state index is 13.5. The van der Waals surface area contributed by atoms with E-state index in [0.29, 0.717) is 10.8 Å². The van der Waals surface area contributed by atoms with Gasteiger partial charge in [-0.25, -0.2) is 13.6 Å². The van der Waals surface area contributed by atoms with E-state index in [9.17, 15) is 18.4 Å². The molecule has 5 nitrogen and oxygen atoms in total. The number of rotatable bonds is 6. The van der Waals surface area contributed by atoms with Crippen LogP contribution in [-0.2, 0) is 14.3 Å². The second kappa shape index (κ2) is 8.43. The van der Waals surface area contributed by atoms with Gasteiger partial charge in [0.25, 0.3) is 5.91 Å². The third-order valence-electron chi connectivity index (χ3n) is 3.02. The Morgan fingerprint density at radius 1 is 1.20 bits per heavy atom. The fourth-order valence-electron chi connectivity index (χ4n) is 1.81. The minimum atomic E-state index is -1.22. The SMILES string of the molecule is C[C@@H](OC(=O)COc1cccc(Cl)c1)C(=O)Nc1cc(F)ccc1F. The van der Waals surface area contributed by atoms with Crippen molar-refractivity contribution in [2.75, 3.05) is 11.9 Å². The average Bonchev–Trinajstić information content (AvgIpc) is 2.56. The molecule has 0 bridgehead atoms. The smallest absolute Gasteiger partial charge is 0.344 e. The number of halogens is 3. The minimum absolute atomic E-state index is 0.344. The molecule has 0 fully saturated rings. The maximum atomic E-state index is 13.5. The van der Waals surface area contributed by atoms with Crippen molar-refractivity contribution >= 4 is 29.2 Å². The summed E-state index contributed by atoms with van der Waals surface area (Å²) in [4.78, 5) is 23.6. The molecule has 0 saturated heterocycles. The molecule has 2 aromatic rings. The lowest BCUT2D eigenvalue weighted by Gasteiger charge is -2.14. The lowest BCUT2D eigenvalue weighted by Crippen LogP contribution is -2.32. The van der Waals surface area contributed by atoms with Crippen molar-refractivity contribution in [1.29, 1.82) is 0 Å². The number of hydrogen-bond acceptors (Lipinski definition) is 4. The quantitative estimate of drug-likeness (QED) is 0.791. The zero-order valence-corrected chi connectivity index (χ0v) is 13.8. The summed E-state index contributed by atoms with van der Waals surface area (Å²) in [5.41, 5.74) is -0.344. The summed E-state index contributed by atoms with van der Waals surface area (Å²) in [6, 6.07) is 9.02. The highest BCUT2D eigenvalue weighted by Gasteiger charge is 2.19. The number of ether oxygens (including phenoxy) is 2. The second-order valence-corrected chi connectivity index (χ2v) is 5.43. The van der Waals surface area contributed by atoms with E-state index < -0.39 is 36.2 Å². The van der Waals surface area contributed by atoms with Crippen LogP contribution in [0.2, 0.25) is 5.02 Å².